The van der Waals surface area contributed by atoms with Gasteiger partial charge in [-0.05, 0) is 29.3 Å². The molecule has 0 amide bonds. The number of hydrogen-bond acceptors (Lipinski definition) is 1. The molecule has 0 aliphatic rings. The molecular formula is C15H15BrFN. The zero-order valence-corrected chi connectivity index (χ0v) is 11.8. The first-order valence-corrected chi connectivity index (χ1v) is 6.92. The van der Waals surface area contributed by atoms with Crippen LogP contribution in [0, 0.1) is 5.82 Å². The Morgan fingerprint density at radius 3 is 2.50 bits per heavy atom. The third-order valence-electron chi connectivity index (χ3n) is 2.86. The number of anilines is 1. The van der Waals surface area contributed by atoms with Gasteiger partial charge in [-0.1, -0.05) is 46.3 Å². The normalized spacial score (nSPS) is 10.4. The van der Waals surface area contributed by atoms with Crippen LogP contribution < -0.4 is 4.90 Å². The lowest BCUT2D eigenvalue weighted by molar-refractivity contribution is 0.626. The maximum absolute atomic E-state index is 13.2. The fourth-order valence-electron chi connectivity index (χ4n) is 1.98. The quantitative estimate of drug-likeness (QED) is 0.759. The fourth-order valence-corrected chi connectivity index (χ4v) is 2.43. The highest BCUT2D eigenvalue weighted by Gasteiger charge is 2.08. The van der Waals surface area contributed by atoms with E-state index in [1.165, 1.54) is 11.6 Å². The number of hydrogen-bond donors (Lipinski definition) is 0. The summed E-state index contributed by atoms with van der Waals surface area (Å²) in [6.45, 7) is 0.812. The number of rotatable bonds is 4. The topological polar surface area (TPSA) is 3.24 Å². The third-order valence-corrected chi connectivity index (χ3v) is 3.46. The fraction of sp³-hybridized carbons (Fsp3) is 0.200. The number of halogens is 2. The van der Waals surface area contributed by atoms with Crippen molar-refractivity contribution in [2.45, 2.75) is 11.9 Å². The van der Waals surface area contributed by atoms with Crippen LogP contribution in [0.4, 0.5) is 10.1 Å². The Bertz CT molecular complexity index is 513. The second-order valence-electron chi connectivity index (χ2n) is 4.25. The van der Waals surface area contributed by atoms with Crippen LogP contribution >= 0.6 is 15.9 Å². The maximum Gasteiger partial charge on any atom is 0.123 e. The van der Waals surface area contributed by atoms with Crippen LogP contribution in [0.15, 0.2) is 48.5 Å². The highest BCUT2D eigenvalue weighted by atomic mass is 79.9. The third kappa shape index (κ3) is 3.10. The van der Waals surface area contributed by atoms with E-state index in [1.807, 2.05) is 31.3 Å². The molecule has 2 rings (SSSR count). The van der Waals surface area contributed by atoms with Crippen molar-refractivity contribution >= 4 is 21.6 Å². The highest BCUT2D eigenvalue weighted by molar-refractivity contribution is 9.08. The minimum absolute atomic E-state index is 0.193. The van der Waals surface area contributed by atoms with Crippen LogP contribution in [-0.4, -0.2) is 7.05 Å². The van der Waals surface area contributed by atoms with Crippen LogP contribution in [0.1, 0.15) is 11.1 Å². The molecule has 0 unspecified atom stereocenters. The summed E-state index contributed by atoms with van der Waals surface area (Å²) < 4.78 is 13.2. The summed E-state index contributed by atoms with van der Waals surface area (Å²) in [6.07, 6.45) is 0. The van der Waals surface area contributed by atoms with Gasteiger partial charge in [-0.25, -0.2) is 4.39 Å². The van der Waals surface area contributed by atoms with Crippen molar-refractivity contribution in [1.82, 2.24) is 0 Å². The second-order valence-corrected chi connectivity index (χ2v) is 4.81. The predicted molar refractivity (Wildman–Crippen MR) is 77.6 cm³/mol. The molecule has 0 saturated heterocycles. The lowest BCUT2D eigenvalue weighted by atomic mass is 10.1. The minimum Gasteiger partial charge on any atom is -0.370 e. The molecule has 18 heavy (non-hydrogen) atoms. The van der Waals surface area contributed by atoms with Crippen molar-refractivity contribution in [1.29, 1.82) is 0 Å². The predicted octanol–water partition coefficient (Wildman–Crippen LogP) is 4.36. The van der Waals surface area contributed by atoms with E-state index in [9.17, 15) is 4.39 Å². The van der Waals surface area contributed by atoms with E-state index in [4.69, 9.17) is 0 Å². The summed E-state index contributed by atoms with van der Waals surface area (Å²) >= 11 is 3.40. The maximum atomic E-state index is 13.2. The SMILES string of the molecule is CN(Cc1ccccc1)c1ccc(F)cc1CBr. The van der Waals surface area contributed by atoms with Gasteiger partial charge >= 0.3 is 0 Å². The summed E-state index contributed by atoms with van der Waals surface area (Å²) in [5.74, 6) is -0.193. The van der Waals surface area contributed by atoms with E-state index in [0.29, 0.717) is 5.33 Å². The lowest BCUT2D eigenvalue weighted by Gasteiger charge is -2.22. The molecule has 94 valence electrons. The summed E-state index contributed by atoms with van der Waals surface area (Å²) in [7, 11) is 2.02. The van der Waals surface area contributed by atoms with Gasteiger partial charge in [-0.2, -0.15) is 0 Å². The number of benzene rings is 2. The first-order chi connectivity index (χ1) is 8.70. The van der Waals surface area contributed by atoms with Crippen molar-refractivity contribution < 1.29 is 4.39 Å². The smallest absolute Gasteiger partial charge is 0.123 e. The van der Waals surface area contributed by atoms with Crippen molar-refractivity contribution in [2.24, 2.45) is 0 Å². The van der Waals surface area contributed by atoms with E-state index >= 15 is 0 Å². The average molecular weight is 308 g/mol. The Morgan fingerprint density at radius 1 is 1.11 bits per heavy atom. The molecule has 2 aromatic rings. The van der Waals surface area contributed by atoms with Gasteiger partial charge in [0.15, 0.2) is 0 Å². The van der Waals surface area contributed by atoms with Crippen molar-refractivity contribution in [3.8, 4) is 0 Å². The minimum atomic E-state index is -0.193. The second kappa shape index (κ2) is 6.01. The van der Waals surface area contributed by atoms with Gasteiger partial charge < -0.3 is 4.90 Å². The van der Waals surface area contributed by atoms with Gasteiger partial charge in [0.1, 0.15) is 5.82 Å². The molecule has 0 saturated carbocycles. The van der Waals surface area contributed by atoms with Crippen molar-refractivity contribution in [3.63, 3.8) is 0 Å². The Kier molecular flexibility index (Phi) is 4.37. The van der Waals surface area contributed by atoms with Crippen LogP contribution in [0.2, 0.25) is 0 Å². The molecule has 1 nitrogen and oxygen atoms in total. The Morgan fingerprint density at radius 2 is 1.83 bits per heavy atom. The zero-order valence-electron chi connectivity index (χ0n) is 10.2. The summed E-state index contributed by atoms with van der Waals surface area (Å²) in [4.78, 5) is 2.13. The van der Waals surface area contributed by atoms with Gasteiger partial charge in [0.05, 0.1) is 0 Å². The molecule has 2 aromatic carbocycles. The van der Waals surface area contributed by atoms with Crippen molar-refractivity contribution in [3.05, 3.63) is 65.5 Å². The molecular weight excluding hydrogens is 293 g/mol. The Hall–Kier alpha value is -1.35. The Labute approximate surface area is 115 Å². The first-order valence-electron chi connectivity index (χ1n) is 5.80. The molecule has 3 heteroatoms. The van der Waals surface area contributed by atoms with Gasteiger partial charge in [0, 0.05) is 24.6 Å². The molecule has 0 radical (unpaired) electrons. The lowest BCUT2D eigenvalue weighted by Crippen LogP contribution is -2.17. The largest absolute Gasteiger partial charge is 0.370 e. The van der Waals surface area contributed by atoms with Crippen LogP contribution in [0.25, 0.3) is 0 Å². The molecule has 0 bridgehead atoms. The standard InChI is InChI=1S/C15H15BrFN/c1-18(11-12-5-3-2-4-6-12)15-8-7-14(17)9-13(15)10-16/h2-9H,10-11H2,1H3. The molecule has 0 heterocycles. The number of alkyl halides is 1. The van der Waals surface area contributed by atoms with E-state index in [-0.39, 0.29) is 5.82 Å². The van der Waals surface area contributed by atoms with E-state index in [0.717, 1.165) is 17.8 Å². The van der Waals surface area contributed by atoms with Gasteiger partial charge in [-0.15, -0.1) is 0 Å². The van der Waals surface area contributed by atoms with Crippen LogP contribution in [0.3, 0.4) is 0 Å². The van der Waals surface area contributed by atoms with E-state index < -0.39 is 0 Å². The van der Waals surface area contributed by atoms with E-state index in [2.05, 4.69) is 33.0 Å². The molecule has 0 spiro atoms. The van der Waals surface area contributed by atoms with E-state index in [1.54, 1.807) is 6.07 Å². The van der Waals surface area contributed by atoms with Crippen LogP contribution in [0.5, 0.6) is 0 Å². The molecule has 0 aliphatic heterocycles. The highest BCUT2D eigenvalue weighted by Crippen LogP contribution is 2.24. The average Bonchev–Trinajstić information content (AvgIpc) is 2.39. The number of nitrogens with zero attached hydrogens (tertiary/aromatic N) is 1. The molecule has 0 atom stereocenters. The molecule has 0 fully saturated rings. The summed E-state index contributed by atoms with van der Waals surface area (Å²) in [5, 5.41) is 0.652. The first kappa shape index (κ1) is 13.1. The monoisotopic (exact) mass is 307 g/mol. The van der Waals surface area contributed by atoms with Crippen molar-refractivity contribution in [2.75, 3.05) is 11.9 Å². The molecule has 0 aliphatic carbocycles. The van der Waals surface area contributed by atoms with Gasteiger partial charge in [0.25, 0.3) is 0 Å². The summed E-state index contributed by atoms with van der Waals surface area (Å²) in [5.41, 5.74) is 3.26. The van der Waals surface area contributed by atoms with Gasteiger partial charge in [0.2, 0.25) is 0 Å². The van der Waals surface area contributed by atoms with Crippen LogP contribution in [-0.2, 0) is 11.9 Å². The summed E-state index contributed by atoms with van der Waals surface area (Å²) in [6, 6.07) is 15.1. The Balaban J connectivity index is 2.21. The molecule has 0 N–H and O–H groups in total. The zero-order chi connectivity index (χ0) is 13.0. The molecule has 0 aromatic heterocycles. The van der Waals surface area contributed by atoms with Gasteiger partial charge in [-0.3, -0.25) is 0 Å².